The van der Waals surface area contributed by atoms with Gasteiger partial charge >= 0.3 is 0 Å². The van der Waals surface area contributed by atoms with Gasteiger partial charge in [0, 0.05) is 17.8 Å². The highest BCUT2D eigenvalue weighted by Gasteiger charge is 2.12. The number of aromatic nitrogens is 2. The molecular formula is C21H17N3O3. The molecule has 0 unspecified atom stereocenters. The number of hydrogen-bond donors (Lipinski definition) is 1. The lowest BCUT2D eigenvalue weighted by Crippen LogP contribution is -2.33. The Kier molecular flexibility index (Phi) is 4.53. The van der Waals surface area contributed by atoms with Crippen molar-refractivity contribution in [1.82, 2.24) is 14.7 Å². The maximum Gasteiger partial charge on any atom is 0.270 e. The molecule has 0 bridgehead atoms. The van der Waals surface area contributed by atoms with Crippen LogP contribution in [0.1, 0.15) is 10.4 Å². The van der Waals surface area contributed by atoms with Gasteiger partial charge in [-0.15, -0.1) is 0 Å². The molecule has 2 aromatic carbocycles. The fourth-order valence-corrected chi connectivity index (χ4v) is 2.92. The highest BCUT2D eigenvalue weighted by atomic mass is 16.5. The van der Waals surface area contributed by atoms with Crippen molar-refractivity contribution in [1.29, 1.82) is 0 Å². The van der Waals surface area contributed by atoms with Gasteiger partial charge in [0.1, 0.15) is 23.6 Å². The first-order chi connectivity index (χ1) is 13.2. The van der Waals surface area contributed by atoms with E-state index in [9.17, 15) is 9.59 Å². The molecule has 6 heteroatoms. The monoisotopic (exact) mass is 359 g/mol. The summed E-state index contributed by atoms with van der Waals surface area (Å²) >= 11 is 0. The van der Waals surface area contributed by atoms with Crippen molar-refractivity contribution in [3.8, 4) is 5.75 Å². The standard InChI is InChI=1S/C21H17N3O3/c25-20(17-14-23-19-10-3-4-12-24(19)21(17)26)22-11-13-27-18-9-5-7-15-6-1-2-8-16(15)18/h1-10,12,14H,11,13H2,(H,22,25). The Morgan fingerprint density at radius 2 is 1.85 bits per heavy atom. The molecular weight excluding hydrogens is 342 g/mol. The van der Waals surface area contributed by atoms with Crippen LogP contribution < -0.4 is 15.6 Å². The number of amides is 1. The van der Waals surface area contributed by atoms with Crippen LogP contribution in [0.25, 0.3) is 16.4 Å². The third-order valence-corrected chi connectivity index (χ3v) is 4.25. The zero-order valence-electron chi connectivity index (χ0n) is 14.5. The molecule has 6 nitrogen and oxygen atoms in total. The van der Waals surface area contributed by atoms with E-state index in [2.05, 4.69) is 10.3 Å². The van der Waals surface area contributed by atoms with Gasteiger partial charge in [0.25, 0.3) is 11.5 Å². The van der Waals surface area contributed by atoms with Crippen molar-refractivity contribution in [3.05, 3.63) is 89.0 Å². The lowest BCUT2D eigenvalue weighted by molar-refractivity contribution is 0.0945. The normalized spacial score (nSPS) is 10.8. The van der Waals surface area contributed by atoms with Gasteiger partial charge in [-0.2, -0.15) is 0 Å². The molecule has 0 fully saturated rings. The topological polar surface area (TPSA) is 72.7 Å². The quantitative estimate of drug-likeness (QED) is 0.556. The number of carbonyl (C=O) groups excluding carboxylic acids is 1. The van der Waals surface area contributed by atoms with Crippen LogP contribution in [0.15, 0.2) is 77.9 Å². The van der Waals surface area contributed by atoms with Crippen molar-refractivity contribution in [2.45, 2.75) is 0 Å². The van der Waals surface area contributed by atoms with Gasteiger partial charge in [-0.3, -0.25) is 14.0 Å². The van der Waals surface area contributed by atoms with Crippen LogP contribution >= 0.6 is 0 Å². The molecule has 0 aliphatic rings. The second kappa shape index (κ2) is 7.29. The molecule has 1 N–H and O–H groups in total. The number of carbonyl (C=O) groups is 1. The van der Waals surface area contributed by atoms with Gasteiger partial charge in [0.15, 0.2) is 0 Å². The summed E-state index contributed by atoms with van der Waals surface area (Å²) in [6.07, 6.45) is 2.89. The summed E-state index contributed by atoms with van der Waals surface area (Å²) in [7, 11) is 0. The van der Waals surface area contributed by atoms with E-state index in [0.717, 1.165) is 16.5 Å². The summed E-state index contributed by atoms with van der Waals surface area (Å²) in [5.74, 6) is 0.294. The molecule has 134 valence electrons. The number of rotatable bonds is 5. The van der Waals surface area contributed by atoms with Gasteiger partial charge in [-0.1, -0.05) is 42.5 Å². The van der Waals surface area contributed by atoms with E-state index < -0.39 is 11.5 Å². The van der Waals surface area contributed by atoms with Gasteiger partial charge < -0.3 is 10.1 Å². The third kappa shape index (κ3) is 3.37. The van der Waals surface area contributed by atoms with Crippen molar-refractivity contribution in [2.75, 3.05) is 13.2 Å². The molecule has 0 radical (unpaired) electrons. The predicted molar refractivity (Wildman–Crippen MR) is 103 cm³/mol. The summed E-state index contributed by atoms with van der Waals surface area (Å²) in [6.45, 7) is 0.571. The highest BCUT2D eigenvalue weighted by molar-refractivity contribution is 5.93. The Morgan fingerprint density at radius 3 is 2.78 bits per heavy atom. The first-order valence-corrected chi connectivity index (χ1v) is 8.59. The van der Waals surface area contributed by atoms with E-state index in [1.54, 1.807) is 24.4 Å². The minimum atomic E-state index is -0.465. The number of nitrogens with zero attached hydrogens (tertiary/aromatic N) is 2. The molecule has 4 rings (SSSR count). The number of ether oxygens (including phenoxy) is 1. The minimum Gasteiger partial charge on any atom is -0.491 e. The van der Waals surface area contributed by atoms with Crippen LogP contribution in [0.3, 0.4) is 0 Å². The van der Waals surface area contributed by atoms with Crippen LogP contribution in [0, 0.1) is 0 Å². The molecule has 1 amide bonds. The van der Waals surface area contributed by atoms with E-state index in [1.165, 1.54) is 10.6 Å². The number of nitrogens with one attached hydrogen (secondary N) is 1. The SMILES string of the molecule is O=C(NCCOc1cccc2ccccc12)c1cnc2ccccn2c1=O. The fraction of sp³-hybridized carbons (Fsp3) is 0.0952. The summed E-state index contributed by atoms with van der Waals surface area (Å²) < 4.78 is 7.14. The van der Waals surface area contributed by atoms with Gasteiger partial charge in [-0.25, -0.2) is 4.98 Å². The van der Waals surface area contributed by atoms with Crippen LogP contribution in [-0.2, 0) is 0 Å². The summed E-state index contributed by atoms with van der Waals surface area (Å²) in [5.41, 5.74) is 0.107. The lowest BCUT2D eigenvalue weighted by Gasteiger charge is -2.10. The van der Waals surface area contributed by atoms with Gasteiger partial charge in [0.05, 0.1) is 6.54 Å². The second-order valence-electron chi connectivity index (χ2n) is 5.99. The van der Waals surface area contributed by atoms with Crippen LogP contribution in [0.4, 0.5) is 0 Å². The number of fused-ring (bicyclic) bond motifs is 2. The van der Waals surface area contributed by atoms with Crippen molar-refractivity contribution in [3.63, 3.8) is 0 Å². The smallest absolute Gasteiger partial charge is 0.270 e. The van der Waals surface area contributed by atoms with Gasteiger partial charge in [0.2, 0.25) is 0 Å². The molecule has 27 heavy (non-hydrogen) atoms. The number of hydrogen-bond acceptors (Lipinski definition) is 4. The average Bonchev–Trinajstić information content (AvgIpc) is 2.71. The Hall–Kier alpha value is -3.67. The van der Waals surface area contributed by atoms with E-state index in [0.29, 0.717) is 12.3 Å². The second-order valence-corrected chi connectivity index (χ2v) is 5.99. The third-order valence-electron chi connectivity index (χ3n) is 4.25. The lowest BCUT2D eigenvalue weighted by atomic mass is 10.1. The maximum absolute atomic E-state index is 12.4. The van der Waals surface area contributed by atoms with Crippen LogP contribution in [-0.4, -0.2) is 28.4 Å². The first kappa shape index (κ1) is 16.8. The zero-order chi connectivity index (χ0) is 18.6. The molecule has 0 aliphatic carbocycles. The molecule has 0 spiro atoms. The van der Waals surface area contributed by atoms with Crippen LogP contribution in [0.2, 0.25) is 0 Å². The van der Waals surface area contributed by atoms with Crippen molar-refractivity contribution in [2.24, 2.45) is 0 Å². The zero-order valence-corrected chi connectivity index (χ0v) is 14.5. The fourth-order valence-electron chi connectivity index (χ4n) is 2.92. The van der Waals surface area contributed by atoms with Crippen molar-refractivity contribution >= 4 is 22.3 Å². The van der Waals surface area contributed by atoms with Crippen molar-refractivity contribution < 1.29 is 9.53 Å². The molecule has 0 atom stereocenters. The summed E-state index contributed by atoms with van der Waals surface area (Å²) in [6, 6.07) is 19.0. The van der Waals surface area contributed by atoms with E-state index >= 15 is 0 Å². The Labute approximate surface area is 155 Å². The Balaban J connectivity index is 1.41. The Bertz CT molecular complexity index is 1180. The molecule has 0 saturated carbocycles. The number of pyridine rings is 1. The van der Waals surface area contributed by atoms with Gasteiger partial charge in [-0.05, 0) is 23.6 Å². The molecule has 2 heterocycles. The van der Waals surface area contributed by atoms with Crippen LogP contribution in [0.5, 0.6) is 5.75 Å². The van der Waals surface area contributed by atoms with E-state index in [1.807, 2.05) is 42.5 Å². The summed E-state index contributed by atoms with van der Waals surface area (Å²) in [4.78, 5) is 28.9. The summed E-state index contributed by atoms with van der Waals surface area (Å²) in [5, 5.41) is 4.81. The first-order valence-electron chi connectivity index (χ1n) is 8.59. The van der Waals surface area contributed by atoms with E-state index in [-0.39, 0.29) is 12.1 Å². The molecule has 2 aromatic heterocycles. The van der Waals surface area contributed by atoms with E-state index in [4.69, 9.17) is 4.74 Å². The average molecular weight is 359 g/mol. The largest absolute Gasteiger partial charge is 0.491 e. The molecule has 0 saturated heterocycles. The highest BCUT2D eigenvalue weighted by Crippen LogP contribution is 2.24. The minimum absolute atomic E-state index is 0.00357. The predicted octanol–water partition coefficient (Wildman–Crippen LogP) is 2.66. The maximum atomic E-state index is 12.4. The molecule has 4 aromatic rings. The number of benzene rings is 2. The Morgan fingerprint density at radius 1 is 1.04 bits per heavy atom. The molecule has 0 aliphatic heterocycles.